The number of benzene rings is 3. The van der Waals surface area contributed by atoms with Gasteiger partial charge in [-0.25, -0.2) is 4.98 Å². The maximum atomic E-state index is 12.4. The Hall–Kier alpha value is -3.60. The summed E-state index contributed by atoms with van der Waals surface area (Å²) in [5, 5.41) is 3.05. The summed E-state index contributed by atoms with van der Waals surface area (Å²) < 4.78 is 8.09. The average Bonchev–Trinajstić information content (AvgIpc) is 3.16. The van der Waals surface area contributed by atoms with Gasteiger partial charge in [-0.05, 0) is 48.7 Å². The SMILES string of the molecule is Cc1ccccc1CC(=O)NCCc1nc2ccccc2n1CCCOc1ccccc1. The molecule has 0 aliphatic rings. The van der Waals surface area contributed by atoms with Gasteiger partial charge in [0.15, 0.2) is 0 Å². The number of ether oxygens (including phenoxy) is 1. The first-order chi connectivity index (χ1) is 15.7. The molecule has 0 atom stereocenters. The first-order valence-electron chi connectivity index (χ1n) is 11.1. The monoisotopic (exact) mass is 427 g/mol. The second-order valence-corrected chi connectivity index (χ2v) is 7.89. The fourth-order valence-corrected chi connectivity index (χ4v) is 3.85. The van der Waals surface area contributed by atoms with Crippen molar-refractivity contribution < 1.29 is 9.53 Å². The Labute approximate surface area is 189 Å². The van der Waals surface area contributed by atoms with E-state index in [0.717, 1.165) is 46.7 Å². The minimum atomic E-state index is 0.0400. The van der Waals surface area contributed by atoms with Crippen LogP contribution in [-0.4, -0.2) is 28.6 Å². The molecule has 0 fully saturated rings. The molecule has 0 bridgehead atoms. The van der Waals surface area contributed by atoms with E-state index in [1.54, 1.807) is 0 Å². The molecule has 1 N–H and O–H groups in total. The van der Waals surface area contributed by atoms with Crippen molar-refractivity contribution >= 4 is 16.9 Å². The molecule has 5 nitrogen and oxygen atoms in total. The van der Waals surface area contributed by atoms with Gasteiger partial charge in [0.05, 0.1) is 24.1 Å². The van der Waals surface area contributed by atoms with Crippen LogP contribution in [0.2, 0.25) is 0 Å². The van der Waals surface area contributed by atoms with Crippen LogP contribution < -0.4 is 10.1 Å². The summed E-state index contributed by atoms with van der Waals surface area (Å²) in [6, 6.07) is 26.1. The van der Waals surface area contributed by atoms with Crippen molar-refractivity contribution in [1.82, 2.24) is 14.9 Å². The molecule has 4 aromatic rings. The number of carbonyl (C=O) groups excluding carboxylic acids is 1. The second kappa shape index (κ2) is 10.6. The Balaban J connectivity index is 1.34. The number of carbonyl (C=O) groups is 1. The molecule has 0 unspecified atom stereocenters. The molecule has 1 amide bonds. The number of nitrogens with zero attached hydrogens (tertiary/aromatic N) is 2. The van der Waals surface area contributed by atoms with Crippen LogP contribution in [0.4, 0.5) is 0 Å². The molecule has 3 aromatic carbocycles. The van der Waals surface area contributed by atoms with Crippen molar-refractivity contribution in [3.05, 3.63) is 95.8 Å². The summed E-state index contributed by atoms with van der Waals surface area (Å²) >= 11 is 0. The van der Waals surface area contributed by atoms with Crippen LogP contribution in [0, 0.1) is 6.92 Å². The zero-order chi connectivity index (χ0) is 22.2. The molecule has 0 saturated carbocycles. The Kier molecular flexibility index (Phi) is 7.18. The minimum Gasteiger partial charge on any atom is -0.494 e. The zero-order valence-corrected chi connectivity index (χ0v) is 18.5. The molecule has 0 aliphatic carbocycles. The van der Waals surface area contributed by atoms with E-state index in [1.807, 2.05) is 79.7 Å². The Morgan fingerprint density at radius 1 is 0.969 bits per heavy atom. The first-order valence-corrected chi connectivity index (χ1v) is 11.1. The van der Waals surface area contributed by atoms with Gasteiger partial charge >= 0.3 is 0 Å². The topological polar surface area (TPSA) is 56.2 Å². The number of imidazole rings is 1. The van der Waals surface area contributed by atoms with Gasteiger partial charge in [-0.2, -0.15) is 0 Å². The van der Waals surface area contributed by atoms with Crippen molar-refractivity contribution in [3.63, 3.8) is 0 Å². The summed E-state index contributed by atoms with van der Waals surface area (Å²) in [6.07, 6.45) is 1.97. The summed E-state index contributed by atoms with van der Waals surface area (Å²) in [6.45, 7) is 4.06. The van der Waals surface area contributed by atoms with E-state index in [2.05, 4.69) is 16.0 Å². The highest BCUT2D eigenvalue weighted by Crippen LogP contribution is 2.17. The molecule has 0 aliphatic heterocycles. The Morgan fingerprint density at radius 2 is 1.72 bits per heavy atom. The molecule has 32 heavy (non-hydrogen) atoms. The Bertz CT molecular complexity index is 1170. The highest BCUT2D eigenvalue weighted by Gasteiger charge is 2.11. The maximum Gasteiger partial charge on any atom is 0.224 e. The van der Waals surface area contributed by atoms with Crippen LogP contribution in [0.15, 0.2) is 78.9 Å². The molecule has 0 spiro atoms. The van der Waals surface area contributed by atoms with Gasteiger partial charge < -0.3 is 14.6 Å². The van der Waals surface area contributed by atoms with Gasteiger partial charge in [-0.1, -0.05) is 54.6 Å². The van der Waals surface area contributed by atoms with Gasteiger partial charge in [0, 0.05) is 19.5 Å². The van der Waals surface area contributed by atoms with Crippen LogP contribution >= 0.6 is 0 Å². The van der Waals surface area contributed by atoms with Gasteiger partial charge in [0.2, 0.25) is 5.91 Å². The first kappa shape index (κ1) is 21.6. The lowest BCUT2D eigenvalue weighted by Crippen LogP contribution is -2.28. The molecule has 1 heterocycles. The van der Waals surface area contributed by atoms with Crippen LogP contribution in [0.3, 0.4) is 0 Å². The van der Waals surface area contributed by atoms with E-state index in [4.69, 9.17) is 9.72 Å². The fourth-order valence-electron chi connectivity index (χ4n) is 3.85. The van der Waals surface area contributed by atoms with Crippen molar-refractivity contribution in [1.29, 1.82) is 0 Å². The third kappa shape index (κ3) is 5.55. The highest BCUT2D eigenvalue weighted by molar-refractivity contribution is 5.79. The standard InChI is InChI=1S/C27H29N3O2/c1-21-10-5-6-11-22(21)20-27(31)28-17-16-26-29-24-14-7-8-15-25(24)30(26)18-9-19-32-23-12-3-2-4-13-23/h2-8,10-15H,9,16-20H2,1H3,(H,28,31). The lowest BCUT2D eigenvalue weighted by Gasteiger charge is -2.11. The number of aromatic nitrogens is 2. The van der Waals surface area contributed by atoms with Crippen LogP contribution in [0.1, 0.15) is 23.4 Å². The number of rotatable bonds is 10. The molecular weight excluding hydrogens is 398 g/mol. The van der Waals surface area contributed by atoms with Gasteiger partial charge in [0.25, 0.3) is 0 Å². The molecule has 0 radical (unpaired) electrons. The molecule has 5 heteroatoms. The van der Waals surface area contributed by atoms with Crippen molar-refractivity contribution in [2.75, 3.05) is 13.2 Å². The van der Waals surface area contributed by atoms with E-state index in [1.165, 1.54) is 0 Å². The van der Waals surface area contributed by atoms with E-state index >= 15 is 0 Å². The fraction of sp³-hybridized carbons (Fsp3) is 0.259. The van der Waals surface area contributed by atoms with E-state index in [9.17, 15) is 4.79 Å². The third-order valence-corrected chi connectivity index (χ3v) is 5.55. The van der Waals surface area contributed by atoms with Crippen LogP contribution in [0.25, 0.3) is 11.0 Å². The van der Waals surface area contributed by atoms with E-state index in [-0.39, 0.29) is 5.91 Å². The van der Waals surface area contributed by atoms with Crippen molar-refractivity contribution in [3.8, 4) is 5.75 Å². The van der Waals surface area contributed by atoms with E-state index in [0.29, 0.717) is 26.0 Å². The number of aryl methyl sites for hydroxylation is 2. The molecule has 4 rings (SSSR count). The van der Waals surface area contributed by atoms with Crippen LogP contribution in [-0.2, 0) is 24.2 Å². The largest absolute Gasteiger partial charge is 0.494 e. The zero-order valence-electron chi connectivity index (χ0n) is 18.5. The lowest BCUT2D eigenvalue weighted by molar-refractivity contribution is -0.120. The summed E-state index contributed by atoms with van der Waals surface area (Å²) in [4.78, 5) is 17.2. The summed E-state index contributed by atoms with van der Waals surface area (Å²) in [5.74, 6) is 1.92. The normalized spacial score (nSPS) is 10.9. The minimum absolute atomic E-state index is 0.0400. The Morgan fingerprint density at radius 3 is 2.56 bits per heavy atom. The highest BCUT2D eigenvalue weighted by atomic mass is 16.5. The third-order valence-electron chi connectivity index (χ3n) is 5.55. The number of nitrogens with one attached hydrogen (secondary N) is 1. The number of hydrogen-bond acceptors (Lipinski definition) is 3. The number of amides is 1. The van der Waals surface area contributed by atoms with Gasteiger partial charge in [-0.3, -0.25) is 4.79 Å². The van der Waals surface area contributed by atoms with E-state index < -0.39 is 0 Å². The smallest absolute Gasteiger partial charge is 0.224 e. The number of para-hydroxylation sites is 3. The van der Waals surface area contributed by atoms with Crippen molar-refractivity contribution in [2.45, 2.75) is 32.7 Å². The lowest BCUT2D eigenvalue weighted by atomic mass is 10.1. The van der Waals surface area contributed by atoms with Crippen molar-refractivity contribution in [2.24, 2.45) is 0 Å². The second-order valence-electron chi connectivity index (χ2n) is 7.89. The van der Waals surface area contributed by atoms with Gasteiger partial charge in [-0.15, -0.1) is 0 Å². The molecule has 1 aromatic heterocycles. The number of hydrogen-bond donors (Lipinski definition) is 1. The molecule has 164 valence electrons. The predicted octanol–water partition coefficient (Wildman–Crippen LogP) is 4.72. The number of fused-ring (bicyclic) bond motifs is 1. The average molecular weight is 428 g/mol. The molecule has 0 saturated heterocycles. The van der Waals surface area contributed by atoms with Crippen LogP contribution in [0.5, 0.6) is 5.75 Å². The maximum absolute atomic E-state index is 12.4. The summed E-state index contributed by atoms with van der Waals surface area (Å²) in [7, 11) is 0. The van der Waals surface area contributed by atoms with Gasteiger partial charge in [0.1, 0.15) is 11.6 Å². The molecular formula is C27H29N3O2. The summed E-state index contributed by atoms with van der Waals surface area (Å²) in [5.41, 5.74) is 4.31. The predicted molar refractivity (Wildman–Crippen MR) is 128 cm³/mol. The quantitative estimate of drug-likeness (QED) is 0.373.